The minimum atomic E-state index is -1.38. The van der Waals surface area contributed by atoms with Gasteiger partial charge in [0.05, 0.1) is 11.3 Å². The van der Waals surface area contributed by atoms with E-state index >= 15 is 0 Å². The van der Waals surface area contributed by atoms with Gasteiger partial charge in [-0.25, -0.2) is 19.7 Å². The van der Waals surface area contributed by atoms with E-state index in [1.54, 1.807) is 23.7 Å². The second-order valence-electron chi connectivity index (χ2n) is 4.85. The van der Waals surface area contributed by atoms with E-state index in [4.69, 9.17) is 5.11 Å². The molecule has 0 radical (unpaired) electrons. The highest BCUT2D eigenvalue weighted by Crippen LogP contribution is 2.19. The van der Waals surface area contributed by atoms with Gasteiger partial charge in [0.2, 0.25) is 0 Å². The molecule has 0 unspecified atom stereocenters. The number of carbonyl (C=O) groups is 3. The van der Waals surface area contributed by atoms with E-state index in [1.807, 2.05) is 0 Å². The Hall–Kier alpha value is -3.66. The zero-order chi connectivity index (χ0) is 18.5. The Kier molecular flexibility index (Phi) is 4.94. The number of carbonyl (C=O) groups excluding carboxylic acids is 2. The molecule has 1 aromatic carbocycles. The summed E-state index contributed by atoms with van der Waals surface area (Å²) in [5, 5.41) is 16.4. The zero-order valence-corrected chi connectivity index (χ0v) is 13.9. The fourth-order valence-electron chi connectivity index (χ4n) is 2.08. The molecule has 9 nitrogen and oxygen atoms in total. The molecule has 2 aromatic heterocycles. The van der Waals surface area contributed by atoms with Gasteiger partial charge in [0, 0.05) is 24.0 Å². The third-order valence-electron chi connectivity index (χ3n) is 3.19. The fraction of sp³-hybridized carbons (Fsp3) is 0. The Morgan fingerprint density at radius 1 is 0.885 bits per heavy atom. The van der Waals surface area contributed by atoms with Crippen molar-refractivity contribution in [2.75, 3.05) is 10.6 Å². The van der Waals surface area contributed by atoms with Gasteiger partial charge in [-0.05, 0) is 12.1 Å². The maximum atomic E-state index is 12.4. The van der Waals surface area contributed by atoms with Crippen LogP contribution in [0.25, 0.3) is 0 Å². The Morgan fingerprint density at radius 2 is 1.62 bits per heavy atom. The third-order valence-corrected chi connectivity index (χ3v) is 3.88. The molecule has 0 saturated heterocycles. The van der Waals surface area contributed by atoms with E-state index in [-0.39, 0.29) is 16.9 Å². The molecule has 0 aliphatic heterocycles. The number of rotatable bonds is 5. The van der Waals surface area contributed by atoms with Crippen molar-refractivity contribution in [1.29, 1.82) is 0 Å². The lowest BCUT2D eigenvalue weighted by molar-refractivity contribution is 0.0684. The Balaban J connectivity index is 1.86. The molecule has 2 amide bonds. The number of anilines is 2. The fourth-order valence-corrected chi connectivity index (χ4v) is 2.61. The highest BCUT2D eigenvalue weighted by atomic mass is 32.1. The van der Waals surface area contributed by atoms with E-state index in [1.165, 1.54) is 35.9 Å². The number of aromatic carboxylic acids is 1. The Bertz CT molecular complexity index is 974. The highest BCUT2D eigenvalue weighted by Gasteiger charge is 2.21. The molecule has 26 heavy (non-hydrogen) atoms. The van der Waals surface area contributed by atoms with Crippen LogP contribution in [0.3, 0.4) is 0 Å². The number of amides is 2. The lowest BCUT2D eigenvalue weighted by Gasteiger charge is -2.10. The summed E-state index contributed by atoms with van der Waals surface area (Å²) in [6, 6.07) is 6.31. The highest BCUT2D eigenvalue weighted by molar-refractivity contribution is 7.13. The summed E-state index contributed by atoms with van der Waals surface area (Å²) in [4.78, 5) is 47.4. The van der Waals surface area contributed by atoms with Gasteiger partial charge in [0.25, 0.3) is 11.8 Å². The molecule has 0 aliphatic rings. The van der Waals surface area contributed by atoms with E-state index < -0.39 is 23.5 Å². The maximum absolute atomic E-state index is 12.4. The minimum Gasteiger partial charge on any atom is -0.476 e. The lowest BCUT2D eigenvalue weighted by atomic mass is 10.1. The van der Waals surface area contributed by atoms with Crippen LogP contribution in [0.2, 0.25) is 0 Å². The van der Waals surface area contributed by atoms with Crippen molar-refractivity contribution < 1.29 is 19.5 Å². The molecule has 0 saturated carbocycles. The quantitative estimate of drug-likeness (QED) is 0.627. The van der Waals surface area contributed by atoms with Crippen LogP contribution >= 0.6 is 11.3 Å². The number of carboxylic acid groups (broad SMARTS) is 1. The van der Waals surface area contributed by atoms with Gasteiger partial charge in [0.15, 0.2) is 16.5 Å². The molecule has 3 N–H and O–H groups in total. The lowest BCUT2D eigenvalue weighted by Crippen LogP contribution is -2.21. The van der Waals surface area contributed by atoms with Gasteiger partial charge in [0.1, 0.15) is 0 Å². The number of hydrogen-bond donors (Lipinski definition) is 3. The Morgan fingerprint density at radius 3 is 2.31 bits per heavy atom. The minimum absolute atomic E-state index is 0.191. The molecule has 3 aromatic rings. The van der Waals surface area contributed by atoms with Crippen molar-refractivity contribution in [3.8, 4) is 0 Å². The van der Waals surface area contributed by atoms with Crippen LogP contribution in [0.4, 0.5) is 10.8 Å². The first-order valence-corrected chi connectivity index (χ1v) is 8.09. The van der Waals surface area contributed by atoms with Crippen LogP contribution in [-0.4, -0.2) is 37.8 Å². The summed E-state index contributed by atoms with van der Waals surface area (Å²) >= 11 is 1.25. The first-order chi connectivity index (χ1) is 12.6. The maximum Gasteiger partial charge on any atom is 0.356 e. The van der Waals surface area contributed by atoms with Crippen molar-refractivity contribution in [2.45, 2.75) is 0 Å². The molecule has 10 heteroatoms. The van der Waals surface area contributed by atoms with Crippen molar-refractivity contribution in [3.63, 3.8) is 0 Å². The predicted molar refractivity (Wildman–Crippen MR) is 93.5 cm³/mol. The van der Waals surface area contributed by atoms with Crippen molar-refractivity contribution in [1.82, 2.24) is 15.0 Å². The van der Waals surface area contributed by atoms with Crippen molar-refractivity contribution in [3.05, 3.63) is 65.2 Å². The number of para-hydroxylation sites is 1. The standard InChI is InChI=1S/C16H11N5O4S/c22-13(21-16-19-7-8-26-16)9-3-1-2-4-10(9)20-14(23)11-12(15(24)25)18-6-5-17-11/h1-8H,(H,20,23)(H,24,25)(H,19,21,22). The van der Waals surface area contributed by atoms with Gasteiger partial charge < -0.3 is 10.4 Å². The number of benzene rings is 1. The smallest absolute Gasteiger partial charge is 0.356 e. The zero-order valence-electron chi connectivity index (χ0n) is 13.0. The largest absolute Gasteiger partial charge is 0.476 e. The summed E-state index contributed by atoms with van der Waals surface area (Å²) < 4.78 is 0. The monoisotopic (exact) mass is 369 g/mol. The number of nitrogens with one attached hydrogen (secondary N) is 2. The summed E-state index contributed by atoms with van der Waals surface area (Å²) in [5.74, 6) is -2.63. The molecule has 0 bridgehead atoms. The number of carboxylic acids is 1. The number of aromatic nitrogens is 3. The molecular formula is C16H11N5O4S. The van der Waals surface area contributed by atoms with Gasteiger partial charge in [-0.2, -0.15) is 0 Å². The molecule has 0 atom stereocenters. The van der Waals surface area contributed by atoms with Crippen LogP contribution in [0.1, 0.15) is 31.3 Å². The average molecular weight is 369 g/mol. The second kappa shape index (κ2) is 7.49. The topological polar surface area (TPSA) is 134 Å². The molecule has 2 heterocycles. The third kappa shape index (κ3) is 3.70. The molecule has 3 rings (SSSR count). The molecular weight excluding hydrogens is 358 g/mol. The van der Waals surface area contributed by atoms with Crippen molar-refractivity contribution in [2.24, 2.45) is 0 Å². The van der Waals surface area contributed by atoms with Crippen LogP contribution < -0.4 is 10.6 Å². The van der Waals surface area contributed by atoms with Crippen LogP contribution in [-0.2, 0) is 0 Å². The summed E-state index contributed by atoms with van der Waals surface area (Å²) in [6.07, 6.45) is 3.94. The molecule has 0 spiro atoms. The van der Waals surface area contributed by atoms with Gasteiger partial charge in [-0.15, -0.1) is 11.3 Å². The number of hydrogen-bond acceptors (Lipinski definition) is 7. The van der Waals surface area contributed by atoms with Crippen LogP contribution in [0.15, 0.2) is 48.2 Å². The summed E-state index contributed by atoms with van der Waals surface area (Å²) in [7, 11) is 0. The molecule has 130 valence electrons. The van der Waals surface area contributed by atoms with Crippen LogP contribution in [0.5, 0.6) is 0 Å². The molecule has 0 fully saturated rings. The second-order valence-corrected chi connectivity index (χ2v) is 5.74. The first-order valence-electron chi connectivity index (χ1n) is 7.22. The van der Waals surface area contributed by atoms with E-state index in [9.17, 15) is 14.4 Å². The van der Waals surface area contributed by atoms with E-state index in [2.05, 4.69) is 25.6 Å². The normalized spacial score (nSPS) is 10.2. The first kappa shape index (κ1) is 17.2. The number of nitrogens with zero attached hydrogens (tertiary/aromatic N) is 3. The van der Waals surface area contributed by atoms with Crippen molar-refractivity contribution >= 4 is 39.9 Å². The van der Waals surface area contributed by atoms with Gasteiger partial charge in [-0.1, -0.05) is 12.1 Å². The average Bonchev–Trinajstić information content (AvgIpc) is 3.15. The van der Waals surface area contributed by atoms with Crippen LogP contribution in [0, 0.1) is 0 Å². The van der Waals surface area contributed by atoms with Gasteiger partial charge in [-0.3, -0.25) is 14.9 Å². The summed E-state index contributed by atoms with van der Waals surface area (Å²) in [5.41, 5.74) is -0.435. The van der Waals surface area contributed by atoms with Gasteiger partial charge >= 0.3 is 5.97 Å². The molecule has 0 aliphatic carbocycles. The van der Waals surface area contributed by atoms with E-state index in [0.29, 0.717) is 5.13 Å². The number of thiazole rings is 1. The van der Waals surface area contributed by atoms with E-state index in [0.717, 1.165) is 0 Å². The summed E-state index contributed by atoms with van der Waals surface area (Å²) in [6.45, 7) is 0. The predicted octanol–water partition coefficient (Wildman–Crippen LogP) is 2.14. The Labute approximate surface area is 150 Å². The SMILES string of the molecule is O=C(Nc1nccs1)c1ccccc1NC(=O)c1nccnc1C(=O)O.